The minimum atomic E-state index is 0.351. The van der Waals surface area contributed by atoms with Crippen molar-refractivity contribution in [3.05, 3.63) is 71.6 Å². The Morgan fingerprint density at radius 1 is 0.743 bits per heavy atom. The van der Waals surface area contributed by atoms with Gasteiger partial charge in [0.15, 0.2) is 0 Å². The minimum Gasteiger partial charge on any atom is -0.343 e. The molecule has 178 valence electrons. The predicted octanol–water partition coefficient (Wildman–Crippen LogP) is 4.59. The molecule has 7 nitrogen and oxygen atoms in total. The Bertz CT molecular complexity index is 1340. The summed E-state index contributed by atoms with van der Waals surface area (Å²) in [6.45, 7) is 3.81. The number of hydrogen-bond donors (Lipinski definition) is 5. The number of benzene rings is 2. The molecule has 3 aliphatic heterocycles. The first kappa shape index (κ1) is 21.1. The zero-order chi connectivity index (χ0) is 23.2. The van der Waals surface area contributed by atoms with Crippen LogP contribution in [0.4, 0.5) is 0 Å². The molecular formula is C28H31N7. The molecular weight excluding hydrogens is 434 g/mol. The van der Waals surface area contributed by atoms with Crippen LogP contribution in [0.15, 0.2) is 48.7 Å². The van der Waals surface area contributed by atoms with Gasteiger partial charge in [-0.3, -0.25) is 0 Å². The molecule has 0 spiro atoms. The molecule has 3 aliphatic rings. The van der Waals surface area contributed by atoms with Gasteiger partial charge >= 0.3 is 0 Å². The average molecular weight is 466 g/mol. The van der Waals surface area contributed by atoms with E-state index in [0.717, 1.165) is 67.6 Å². The lowest BCUT2D eigenvalue weighted by Crippen LogP contribution is -2.15. The van der Waals surface area contributed by atoms with Crippen LogP contribution in [0.1, 0.15) is 60.7 Å². The lowest BCUT2D eigenvalue weighted by atomic mass is 9.96. The molecule has 35 heavy (non-hydrogen) atoms. The quantitative estimate of drug-likeness (QED) is 0.304. The molecule has 0 radical (unpaired) electrons. The highest BCUT2D eigenvalue weighted by Gasteiger charge is 2.24. The first-order valence-corrected chi connectivity index (χ1v) is 12.9. The Labute approximate surface area is 205 Å². The Balaban J connectivity index is 1.15. The lowest BCUT2D eigenvalue weighted by Gasteiger charge is -2.10. The van der Waals surface area contributed by atoms with E-state index in [0.29, 0.717) is 12.1 Å². The van der Waals surface area contributed by atoms with E-state index in [1.165, 1.54) is 40.8 Å². The maximum absolute atomic E-state index is 5.04. The minimum absolute atomic E-state index is 0.351. The van der Waals surface area contributed by atoms with Crippen molar-refractivity contribution in [1.29, 1.82) is 0 Å². The topological polar surface area (TPSA) is 93.5 Å². The average Bonchev–Trinajstić information content (AvgIpc) is 3.70. The van der Waals surface area contributed by atoms with Crippen LogP contribution in [0.3, 0.4) is 0 Å². The summed E-state index contributed by atoms with van der Waals surface area (Å²) in [5.41, 5.74) is 9.51. The zero-order valence-corrected chi connectivity index (χ0v) is 19.8. The fourth-order valence-electron chi connectivity index (χ4n) is 5.76. The highest BCUT2D eigenvalue weighted by Crippen LogP contribution is 2.34. The number of rotatable bonds is 4. The fourth-order valence-corrected chi connectivity index (χ4v) is 5.76. The van der Waals surface area contributed by atoms with E-state index in [9.17, 15) is 0 Å². The number of aromatic amines is 2. The van der Waals surface area contributed by atoms with Gasteiger partial charge in [-0.2, -0.15) is 0 Å². The molecule has 2 aromatic heterocycles. The number of aromatic nitrogens is 4. The fraction of sp³-hybridized carbons (Fsp3) is 0.357. The summed E-state index contributed by atoms with van der Waals surface area (Å²) < 4.78 is 0. The van der Waals surface area contributed by atoms with Crippen LogP contribution in [-0.4, -0.2) is 33.0 Å². The maximum Gasteiger partial charge on any atom is 0.124 e. The maximum atomic E-state index is 5.04. The van der Waals surface area contributed by atoms with Crippen molar-refractivity contribution in [1.82, 2.24) is 35.9 Å². The Hall–Kier alpha value is -3.26. The molecule has 7 heteroatoms. The molecule has 2 aromatic carbocycles. The highest BCUT2D eigenvalue weighted by atomic mass is 15.1. The summed E-state index contributed by atoms with van der Waals surface area (Å²) in [4.78, 5) is 16.8. The monoisotopic (exact) mass is 465 g/mol. The van der Waals surface area contributed by atoms with E-state index in [4.69, 9.17) is 4.98 Å². The SMILES string of the molecule is c1cc(-c2cnc([C@@H]3CCCN3)[nH]2)ccc1-c1ccc2c(c1)CNCc1[nH]c([C@@H]3CCCN3)nc1-2. The molecule has 5 heterocycles. The number of H-pyrrole nitrogens is 2. The predicted molar refractivity (Wildman–Crippen MR) is 138 cm³/mol. The molecule has 0 unspecified atom stereocenters. The van der Waals surface area contributed by atoms with Crippen LogP contribution in [0.25, 0.3) is 33.6 Å². The Morgan fingerprint density at radius 3 is 2.26 bits per heavy atom. The molecule has 4 aromatic rings. The molecule has 0 amide bonds. The van der Waals surface area contributed by atoms with Gasteiger partial charge in [0, 0.05) is 18.7 Å². The van der Waals surface area contributed by atoms with E-state index in [1.807, 2.05) is 6.20 Å². The molecule has 0 saturated carbocycles. The van der Waals surface area contributed by atoms with Crippen LogP contribution in [0, 0.1) is 0 Å². The second-order valence-corrected chi connectivity index (χ2v) is 9.98. The number of hydrogen-bond acceptors (Lipinski definition) is 5. The van der Waals surface area contributed by atoms with Gasteiger partial charge in [0.25, 0.3) is 0 Å². The Kier molecular flexibility index (Phi) is 5.26. The van der Waals surface area contributed by atoms with Crippen molar-refractivity contribution in [2.75, 3.05) is 13.1 Å². The summed E-state index contributed by atoms with van der Waals surface area (Å²) >= 11 is 0. The summed E-state index contributed by atoms with van der Waals surface area (Å²) in [6.07, 6.45) is 6.68. The van der Waals surface area contributed by atoms with Crippen LogP contribution < -0.4 is 16.0 Å². The van der Waals surface area contributed by atoms with E-state index >= 15 is 0 Å². The van der Waals surface area contributed by atoms with E-state index < -0.39 is 0 Å². The van der Waals surface area contributed by atoms with Gasteiger partial charge in [-0.05, 0) is 67.1 Å². The van der Waals surface area contributed by atoms with Gasteiger partial charge in [0.1, 0.15) is 11.6 Å². The number of nitrogens with one attached hydrogen (secondary N) is 5. The van der Waals surface area contributed by atoms with Crippen molar-refractivity contribution in [3.8, 4) is 33.6 Å². The normalized spacial score (nSPS) is 21.6. The van der Waals surface area contributed by atoms with Gasteiger partial charge < -0.3 is 25.9 Å². The molecule has 0 bridgehead atoms. The van der Waals surface area contributed by atoms with E-state index in [1.54, 1.807) is 0 Å². The highest BCUT2D eigenvalue weighted by molar-refractivity contribution is 5.75. The van der Waals surface area contributed by atoms with Crippen molar-refractivity contribution in [3.63, 3.8) is 0 Å². The second kappa shape index (κ2) is 8.75. The standard InChI is InChI=1S/C28H31N7/c1-3-22(30-11-1)27-32-16-24(33-27)18-7-5-17(6-8-18)19-9-10-21-20(13-19)14-29-15-25-26(21)35-28(34-25)23-4-2-12-31-23/h5-10,13,16,22-23,29-31H,1-4,11-12,14-15H2,(H,32,33)(H,34,35)/t22-,23-/m0/s1. The first-order valence-electron chi connectivity index (χ1n) is 12.9. The zero-order valence-electron chi connectivity index (χ0n) is 19.8. The van der Waals surface area contributed by atoms with Crippen LogP contribution >= 0.6 is 0 Å². The van der Waals surface area contributed by atoms with Crippen molar-refractivity contribution in [2.45, 2.75) is 50.9 Å². The van der Waals surface area contributed by atoms with Gasteiger partial charge in [0.2, 0.25) is 0 Å². The van der Waals surface area contributed by atoms with Gasteiger partial charge in [-0.25, -0.2) is 9.97 Å². The largest absolute Gasteiger partial charge is 0.343 e. The third-order valence-corrected chi connectivity index (χ3v) is 7.68. The summed E-state index contributed by atoms with van der Waals surface area (Å²) in [6, 6.07) is 16.3. The summed E-state index contributed by atoms with van der Waals surface area (Å²) in [5, 5.41) is 10.7. The Morgan fingerprint density at radius 2 is 1.49 bits per heavy atom. The molecule has 2 atom stereocenters. The van der Waals surface area contributed by atoms with E-state index in [-0.39, 0.29) is 0 Å². The molecule has 7 rings (SSSR count). The summed E-state index contributed by atoms with van der Waals surface area (Å²) in [5.74, 6) is 2.12. The third-order valence-electron chi connectivity index (χ3n) is 7.68. The van der Waals surface area contributed by atoms with Gasteiger partial charge in [-0.15, -0.1) is 0 Å². The number of nitrogens with zero attached hydrogens (tertiary/aromatic N) is 2. The molecule has 2 fully saturated rings. The van der Waals surface area contributed by atoms with Crippen molar-refractivity contribution in [2.24, 2.45) is 0 Å². The molecule has 0 aliphatic carbocycles. The second-order valence-electron chi connectivity index (χ2n) is 9.98. The smallest absolute Gasteiger partial charge is 0.124 e. The van der Waals surface area contributed by atoms with Gasteiger partial charge in [-0.1, -0.05) is 36.4 Å². The van der Waals surface area contributed by atoms with Gasteiger partial charge in [0.05, 0.1) is 35.4 Å². The van der Waals surface area contributed by atoms with Crippen molar-refractivity contribution < 1.29 is 0 Å². The third kappa shape index (κ3) is 3.89. The van der Waals surface area contributed by atoms with Crippen LogP contribution in [0.2, 0.25) is 0 Å². The first-order chi connectivity index (χ1) is 17.3. The molecule has 2 saturated heterocycles. The number of imidazole rings is 2. The van der Waals surface area contributed by atoms with Crippen LogP contribution in [0.5, 0.6) is 0 Å². The summed E-state index contributed by atoms with van der Waals surface area (Å²) in [7, 11) is 0. The number of fused-ring (bicyclic) bond motifs is 3. The van der Waals surface area contributed by atoms with Crippen molar-refractivity contribution >= 4 is 0 Å². The van der Waals surface area contributed by atoms with E-state index in [2.05, 4.69) is 73.4 Å². The van der Waals surface area contributed by atoms with Crippen LogP contribution in [-0.2, 0) is 13.1 Å². The molecule has 5 N–H and O–H groups in total. The lowest BCUT2D eigenvalue weighted by molar-refractivity contribution is 0.607.